The minimum atomic E-state index is -2.49. The average molecular weight is 336 g/mol. The van der Waals surface area contributed by atoms with Gasteiger partial charge in [-0.25, -0.2) is 8.78 Å². The SMILES string of the molecule is Fc1ccccc1P(=S)(c1ccccc1F)C1CCCCC1. The van der Waals surface area contributed by atoms with E-state index in [1.165, 1.54) is 18.6 Å². The quantitative estimate of drug-likeness (QED) is 0.731. The van der Waals surface area contributed by atoms with Crippen LogP contribution in [-0.4, -0.2) is 5.66 Å². The van der Waals surface area contributed by atoms with E-state index in [9.17, 15) is 8.78 Å². The molecule has 1 aliphatic carbocycles. The molecule has 0 unspecified atom stereocenters. The smallest absolute Gasteiger partial charge is 0.131 e. The Hall–Kier alpha value is -1.05. The predicted molar refractivity (Wildman–Crippen MR) is 93.2 cm³/mol. The van der Waals surface area contributed by atoms with Gasteiger partial charge in [-0.05, 0) is 30.6 Å². The van der Waals surface area contributed by atoms with Gasteiger partial charge in [0.15, 0.2) is 0 Å². The van der Waals surface area contributed by atoms with Crippen molar-refractivity contribution >= 4 is 28.5 Å². The third-order valence-corrected chi connectivity index (χ3v) is 10.3. The molecule has 0 heterocycles. The maximum absolute atomic E-state index is 14.5. The van der Waals surface area contributed by atoms with Crippen molar-refractivity contribution in [3.63, 3.8) is 0 Å². The van der Waals surface area contributed by atoms with Crippen LogP contribution < -0.4 is 10.6 Å². The first-order chi connectivity index (χ1) is 10.6. The molecule has 1 saturated carbocycles. The molecule has 0 saturated heterocycles. The van der Waals surface area contributed by atoms with E-state index in [0.29, 0.717) is 10.6 Å². The molecule has 4 heteroatoms. The van der Waals surface area contributed by atoms with Crippen molar-refractivity contribution < 1.29 is 8.78 Å². The van der Waals surface area contributed by atoms with Crippen molar-refractivity contribution in [3.05, 3.63) is 60.2 Å². The third-order valence-electron chi connectivity index (χ3n) is 4.51. The molecular formula is C18H19F2PS. The van der Waals surface area contributed by atoms with Crippen molar-refractivity contribution in [1.29, 1.82) is 0 Å². The lowest BCUT2D eigenvalue weighted by Crippen LogP contribution is -2.30. The largest absolute Gasteiger partial charge is 0.206 e. The monoisotopic (exact) mass is 336 g/mol. The Morgan fingerprint density at radius 1 is 0.773 bits per heavy atom. The van der Waals surface area contributed by atoms with Gasteiger partial charge in [0.05, 0.1) is 0 Å². The van der Waals surface area contributed by atoms with Crippen LogP contribution in [-0.2, 0) is 11.8 Å². The van der Waals surface area contributed by atoms with Crippen LogP contribution in [0, 0.1) is 11.6 Å². The van der Waals surface area contributed by atoms with E-state index < -0.39 is 6.04 Å². The molecule has 0 atom stereocenters. The van der Waals surface area contributed by atoms with Gasteiger partial charge in [0, 0.05) is 16.6 Å². The van der Waals surface area contributed by atoms with Crippen molar-refractivity contribution in [3.8, 4) is 0 Å². The maximum atomic E-state index is 14.5. The van der Waals surface area contributed by atoms with Crippen LogP contribution in [0.25, 0.3) is 0 Å². The van der Waals surface area contributed by atoms with Crippen molar-refractivity contribution in [2.24, 2.45) is 0 Å². The molecule has 1 aliphatic rings. The molecule has 3 rings (SSSR count). The van der Waals surface area contributed by atoms with Gasteiger partial charge in [0.2, 0.25) is 0 Å². The van der Waals surface area contributed by atoms with E-state index in [1.54, 1.807) is 24.3 Å². The average Bonchev–Trinajstić information content (AvgIpc) is 2.56. The molecule has 0 N–H and O–H groups in total. The summed E-state index contributed by atoms with van der Waals surface area (Å²) in [6.45, 7) is 0. The van der Waals surface area contributed by atoms with Crippen LogP contribution in [0.3, 0.4) is 0 Å². The van der Waals surface area contributed by atoms with Crippen molar-refractivity contribution in [2.75, 3.05) is 0 Å². The molecule has 0 amide bonds. The Morgan fingerprint density at radius 2 is 1.23 bits per heavy atom. The zero-order valence-corrected chi connectivity index (χ0v) is 14.1. The zero-order valence-electron chi connectivity index (χ0n) is 12.3. The maximum Gasteiger partial charge on any atom is 0.131 e. The van der Waals surface area contributed by atoms with E-state index in [2.05, 4.69) is 0 Å². The van der Waals surface area contributed by atoms with Gasteiger partial charge in [-0.15, -0.1) is 0 Å². The van der Waals surface area contributed by atoms with E-state index in [1.807, 2.05) is 12.1 Å². The summed E-state index contributed by atoms with van der Waals surface area (Å²) >= 11 is 6.06. The predicted octanol–water partition coefficient (Wildman–Crippen LogP) is 4.73. The Kier molecular flexibility index (Phi) is 4.75. The minimum Gasteiger partial charge on any atom is -0.206 e. The highest BCUT2D eigenvalue weighted by Crippen LogP contribution is 2.54. The van der Waals surface area contributed by atoms with E-state index in [4.69, 9.17) is 11.8 Å². The Labute approximate surface area is 135 Å². The van der Waals surface area contributed by atoms with Crippen LogP contribution in [0.5, 0.6) is 0 Å². The van der Waals surface area contributed by atoms with Gasteiger partial charge in [-0.2, -0.15) is 0 Å². The Bertz CT molecular complexity index is 658. The van der Waals surface area contributed by atoms with Crippen LogP contribution in [0.2, 0.25) is 0 Å². The van der Waals surface area contributed by atoms with Gasteiger partial charge in [0.1, 0.15) is 11.6 Å². The highest BCUT2D eigenvalue weighted by molar-refractivity contribution is 8.22. The molecule has 22 heavy (non-hydrogen) atoms. The fourth-order valence-electron chi connectivity index (χ4n) is 3.41. The second-order valence-corrected chi connectivity index (χ2v) is 10.6. The molecule has 0 spiro atoms. The topological polar surface area (TPSA) is 0 Å². The summed E-state index contributed by atoms with van der Waals surface area (Å²) in [6.07, 6.45) is 5.35. The summed E-state index contributed by atoms with van der Waals surface area (Å²) < 4.78 is 29.0. The number of benzene rings is 2. The van der Waals surface area contributed by atoms with E-state index >= 15 is 0 Å². The minimum absolute atomic E-state index is 0.199. The third kappa shape index (κ3) is 2.77. The van der Waals surface area contributed by atoms with E-state index in [-0.39, 0.29) is 17.3 Å². The van der Waals surface area contributed by atoms with Crippen molar-refractivity contribution in [2.45, 2.75) is 37.8 Å². The highest BCUT2D eigenvalue weighted by Gasteiger charge is 2.36. The summed E-state index contributed by atoms with van der Waals surface area (Å²) in [4.78, 5) is 0. The van der Waals surface area contributed by atoms with Crippen molar-refractivity contribution in [1.82, 2.24) is 0 Å². The summed E-state index contributed by atoms with van der Waals surface area (Å²) in [6, 6.07) is 10.9. The molecule has 0 aliphatic heterocycles. The molecule has 2 aromatic rings. The summed E-state index contributed by atoms with van der Waals surface area (Å²) in [5.41, 5.74) is 0.199. The summed E-state index contributed by atoms with van der Waals surface area (Å²) in [7, 11) is 0. The van der Waals surface area contributed by atoms with Crippen LogP contribution in [0.1, 0.15) is 32.1 Å². The van der Waals surface area contributed by atoms with Gasteiger partial charge < -0.3 is 0 Å². The first-order valence-electron chi connectivity index (χ1n) is 7.74. The molecular weight excluding hydrogens is 317 g/mol. The van der Waals surface area contributed by atoms with Crippen LogP contribution in [0.4, 0.5) is 8.78 Å². The second kappa shape index (κ2) is 6.60. The number of hydrogen-bond donors (Lipinski definition) is 0. The van der Waals surface area contributed by atoms with Crippen LogP contribution in [0.15, 0.2) is 48.5 Å². The first-order valence-corrected chi connectivity index (χ1v) is 10.6. The van der Waals surface area contributed by atoms with Gasteiger partial charge in [-0.1, -0.05) is 67.5 Å². The van der Waals surface area contributed by atoms with Gasteiger partial charge >= 0.3 is 0 Å². The van der Waals surface area contributed by atoms with Crippen LogP contribution >= 0.6 is 6.04 Å². The first kappa shape index (κ1) is 15.8. The molecule has 0 bridgehead atoms. The lowest BCUT2D eigenvalue weighted by molar-refractivity contribution is 0.512. The lowest BCUT2D eigenvalue weighted by atomic mass is 10.0. The van der Waals surface area contributed by atoms with E-state index in [0.717, 1.165) is 25.7 Å². The summed E-state index contributed by atoms with van der Waals surface area (Å²) in [5, 5.41) is 1.09. The molecule has 1 fully saturated rings. The second-order valence-electron chi connectivity index (χ2n) is 5.85. The summed E-state index contributed by atoms with van der Waals surface area (Å²) in [5.74, 6) is -0.584. The van der Waals surface area contributed by atoms with Gasteiger partial charge in [-0.3, -0.25) is 0 Å². The zero-order chi connectivity index (χ0) is 15.6. The molecule has 0 radical (unpaired) electrons. The number of rotatable bonds is 3. The molecule has 116 valence electrons. The lowest BCUT2D eigenvalue weighted by Gasteiger charge is -2.35. The standard InChI is InChI=1S/C18H19F2PS/c19-15-10-4-6-12-17(15)21(22,14-8-2-1-3-9-14)18-13-7-5-11-16(18)20/h4-7,10-14H,1-3,8-9H2. The number of hydrogen-bond acceptors (Lipinski definition) is 1. The number of halogens is 2. The van der Waals surface area contributed by atoms with Gasteiger partial charge in [0.25, 0.3) is 0 Å². The Balaban J connectivity index is 2.21. The fraction of sp³-hybridized carbons (Fsp3) is 0.333. The molecule has 0 nitrogen and oxygen atoms in total. The highest BCUT2D eigenvalue weighted by atomic mass is 32.4. The molecule has 0 aromatic heterocycles. The molecule has 2 aromatic carbocycles. The fourth-order valence-corrected chi connectivity index (χ4v) is 8.47. The normalized spacial score (nSPS) is 16.6. The Morgan fingerprint density at radius 3 is 1.68 bits per heavy atom.